The smallest absolute Gasteiger partial charge is 0.250 e. The van der Waals surface area contributed by atoms with Crippen molar-refractivity contribution < 1.29 is 9.59 Å². The Morgan fingerprint density at radius 3 is 2.45 bits per heavy atom. The van der Waals surface area contributed by atoms with E-state index in [0.717, 1.165) is 12.8 Å². The van der Waals surface area contributed by atoms with Gasteiger partial charge in [0.25, 0.3) is 0 Å². The van der Waals surface area contributed by atoms with Crippen LogP contribution in [-0.2, 0) is 9.59 Å². The third kappa shape index (κ3) is 2.19. The number of rotatable bonds is 4. The van der Waals surface area contributed by atoms with Gasteiger partial charge >= 0.3 is 0 Å². The molecule has 4 nitrogen and oxygen atoms in total. The molecule has 2 rings (SSSR count). The zero-order valence-corrected chi connectivity index (χ0v) is 12.8. The first-order valence-electron chi connectivity index (χ1n) is 7.47. The van der Waals surface area contributed by atoms with Gasteiger partial charge in [0.1, 0.15) is 11.6 Å². The molecule has 3 atom stereocenters. The number of amides is 2. The van der Waals surface area contributed by atoms with E-state index in [9.17, 15) is 9.59 Å². The summed E-state index contributed by atoms with van der Waals surface area (Å²) in [7, 11) is 0. The number of carbonyl (C=O) groups is 2. The molecule has 4 heteroatoms. The largest absolute Gasteiger partial charge is 0.340 e. The fourth-order valence-corrected chi connectivity index (χ4v) is 3.20. The molecule has 0 aromatic carbocycles. The molecule has 2 fully saturated rings. The molecule has 1 aliphatic carbocycles. The Bertz CT molecular complexity index is 462. The Kier molecular flexibility index (Phi) is 3.82. The van der Waals surface area contributed by atoms with Crippen LogP contribution in [0.5, 0.6) is 0 Å². The fraction of sp³-hybridized carbons (Fsp3) is 0.750. The summed E-state index contributed by atoms with van der Waals surface area (Å²) in [5, 5.41) is 2.97. The summed E-state index contributed by atoms with van der Waals surface area (Å²) in [6.07, 6.45) is 8.25. The summed E-state index contributed by atoms with van der Waals surface area (Å²) >= 11 is 0. The van der Waals surface area contributed by atoms with E-state index in [0.29, 0.717) is 6.42 Å². The van der Waals surface area contributed by atoms with E-state index in [1.165, 1.54) is 0 Å². The van der Waals surface area contributed by atoms with E-state index in [1.54, 1.807) is 4.90 Å². The quantitative estimate of drug-likeness (QED) is 0.792. The van der Waals surface area contributed by atoms with Crippen LogP contribution in [0, 0.1) is 24.2 Å². The molecule has 0 aromatic rings. The summed E-state index contributed by atoms with van der Waals surface area (Å²) in [4.78, 5) is 27.1. The lowest BCUT2D eigenvalue weighted by atomic mass is 9.85. The van der Waals surface area contributed by atoms with Crippen LogP contribution in [0.3, 0.4) is 0 Å². The highest BCUT2D eigenvalue weighted by Gasteiger charge is 2.56. The van der Waals surface area contributed by atoms with E-state index >= 15 is 0 Å². The van der Waals surface area contributed by atoms with Crippen LogP contribution in [0.4, 0.5) is 0 Å². The van der Waals surface area contributed by atoms with Gasteiger partial charge < -0.3 is 10.2 Å². The van der Waals surface area contributed by atoms with Crippen molar-refractivity contribution in [1.82, 2.24) is 10.2 Å². The molecular weight excluding hydrogens is 252 g/mol. The minimum atomic E-state index is -0.771. The van der Waals surface area contributed by atoms with Gasteiger partial charge in [0.2, 0.25) is 11.8 Å². The van der Waals surface area contributed by atoms with Crippen molar-refractivity contribution in [1.29, 1.82) is 0 Å². The predicted molar refractivity (Wildman–Crippen MR) is 77.7 cm³/mol. The van der Waals surface area contributed by atoms with Crippen LogP contribution in [0.1, 0.15) is 47.0 Å². The first kappa shape index (κ1) is 14.9. The average molecular weight is 276 g/mol. The number of piperazine rings is 1. The normalized spacial score (nSPS) is 32.0. The Morgan fingerprint density at radius 1 is 1.45 bits per heavy atom. The lowest BCUT2D eigenvalue weighted by Gasteiger charge is -2.48. The lowest BCUT2D eigenvalue weighted by molar-refractivity contribution is -0.159. The molecule has 1 heterocycles. The van der Waals surface area contributed by atoms with Gasteiger partial charge in [-0.2, -0.15) is 0 Å². The Labute approximate surface area is 121 Å². The molecule has 0 spiro atoms. The summed E-state index contributed by atoms with van der Waals surface area (Å²) in [6.45, 7) is 7.70. The second-order valence-electron chi connectivity index (χ2n) is 6.46. The van der Waals surface area contributed by atoms with Crippen LogP contribution in [0.15, 0.2) is 0 Å². The van der Waals surface area contributed by atoms with Gasteiger partial charge in [0.05, 0.1) is 6.04 Å². The molecule has 2 amide bonds. The van der Waals surface area contributed by atoms with Gasteiger partial charge in [-0.05, 0) is 38.0 Å². The average Bonchev–Trinajstić information content (AvgIpc) is 3.20. The van der Waals surface area contributed by atoms with Gasteiger partial charge in [-0.25, -0.2) is 0 Å². The van der Waals surface area contributed by atoms with Crippen LogP contribution in [0.2, 0.25) is 0 Å². The Balaban J connectivity index is 2.41. The molecular formula is C16H24N2O2. The van der Waals surface area contributed by atoms with Crippen molar-refractivity contribution in [2.75, 3.05) is 0 Å². The van der Waals surface area contributed by atoms with Crippen molar-refractivity contribution in [3.8, 4) is 12.3 Å². The maximum atomic E-state index is 13.0. The lowest BCUT2D eigenvalue weighted by Crippen LogP contribution is -2.72. The topological polar surface area (TPSA) is 49.4 Å². The molecule has 1 saturated heterocycles. The van der Waals surface area contributed by atoms with Gasteiger partial charge in [0.15, 0.2) is 0 Å². The summed E-state index contributed by atoms with van der Waals surface area (Å²) in [5.74, 6) is 2.90. The minimum absolute atomic E-state index is 0.0110. The van der Waals surface area contributed by atoms with Crippen molar-refractivity contribution in [2.45, 2.75) is 64.6 Å². The molecule has 1 saturated carbocycles. The van der Waals surface area contributed by atoms with Crippen LogP contribution < -0.4 is 5.32 Å². The molecule has 0 bridgehead atoms. The highest BCUT2D eigenvalue weighted by atomic mass is 16.2. The SMILES string of the molecule is C#CC(CC)N1C(=O)C(C)(C2CC2)NC(=O)C1C(C)C. The number of nitrogens with one attached hydrogen (secondary N) is 1. The number of carbonyl (C=O) groups excluding carboxylic acids is 2. The third-order valence-corrected chi connectivity index (χ3v) is 4.57. The van der Waals surface area contributed by atoms with Gasteiger partial charge in [-0.3, -0.25) is 9.59 Å². The van der Waals surface area contributed by atoms with Crippen molar-refractivity contribution in [2.24, 2.45) is 11.8 Å². The predicted octanol–water partition coefficient (Wildman–Crippen LogP) is 1.55. The van der Waals surface area contributed by atoms with E-state index in [-0.39, 0.29) is 29.7 Å². The van der Waals surface area contributed by atoms with Gasteiger partial charge in [-0.15, -0.1) is 6.42 Å². The van der Waals surface area contributed by atoms with E-state index < -0.39 is 11.6 Å². The molecule has 0 radical (unpaired) electrons. The summed E-state index contributed by atoms with van der Waals surface area (Å²) in [6, 6.07) is -0.769. The van der Waals surface area contributed by atoms with E-state index in [2.05, 4.69) is 11.2 Å². The number of hydrogen-bond acceptors (Lipinski definition) is 2. The first-order chi connectivity index (χ1) is 9.36. The fourth-order valence-electron chi connectivity index (χ4n) is 3.20. The monoisotopic (exact) mass is 276 g/mol. The van der Waals surface area contributed by atoms with Crippen molar-refractivity contribution in [3.05, 3.63) is 0 Å². The number of nitrogens with zero attached hydrogens (tertiary/aromatic N) is 1. The zero-order valence-electron chi connectivity index (χ0n) is 12.8. The molecule has 2 aliphatic rings. The highest BCUT2D eigenvalue weighted by molar-refractivity contribution is 6.00. The third-order valence-electron chi connectivity index (χ3n) is 4.57. The summed E-state index contributed by atoms with van der Waals surface area (Å²) < 4.78 is 0. The minimum Gasteiger partial charge on any atom is -0.340 e. The molecule has 3 unspecified atom stereocenters. The Morgan fingerprint density at radius 2 is 2.05 bits per heavy atom. The zero-order chi connectivity index (χ0) is 15.1. The van der Waals surface area contributed by atoms with Crippen molar-refractivity contribution >= 4 is 11.8 Å². The molecule has 1 N–H and O–H groups in total. The van der Waals surface area contributed by atoms with E-state index in [4.69, 9.17) is 6.42 Å². The van der Waals surface area contributed by atoms with E-state index in [1.807, 2.05) is 27.7 Å². The maximum Gasteiger partial charge on any atom is 0.250 e. The van der Waals surface area contributed by atoms with Crippen LogP contribution >= 0.6 is 0 Å². The second-order valence-corrected chi connectivity index (χ2v) is 6.46. The highest BCUT2D eigenvalue weighted by Crippen LogP contribution is 2.43. The van der Waals surface area contributed by atoms with Crippen molar-refractivity contribution in [3.63, 3.8) is 0 Å². The van der Waals surface area contributed by atoms with Gasteiger partial charge in [-0.1, -0.05) is 26.7 Å². The number of hydrogen-bond donors (Lipinski definition) is 1. The molecule has 110 valence electrons. The molecule has 0 aromatic heterocycles. The van der Waals surface area contributed by atoms with Crippen LogP contribution in [0.25, 0.3) is 0 Å². The number of terminal acetylenes is 1. The summed E-state index contributed by atoms with van der Waals surface area (Å²) in [5.41, 5.74) is -0.771. The maximum absolute atomic E-state index is 13.0. The van der Waals surface area contributed by atoms with Gasteiger partial charge in [0, 0.05) is 0 Å². The second kappa shape index (κ2) is 5.12. The Hall–Kier alpha value is -1.50. The standard InChI is InChI=1S/C16H24N2O2/c1-6-12(7-2)18-13(10(3)4)14(19)17-16(5,15(18)20)11-8-9-11/h1,10-13H,7-9H2,2-5H3,(H,17,19). The van der Waals surface area contributed by atoms with Crippen LogP contribution in [-0.4, -0.2) is 34.3 Å². The molecule has 1 aliphatic heterocycles. The first-order valence-corrected chi connectivity index (χ1v) is 7.47. The molecule has 20 heavy (non-hydrogen) atoms.